The molecule has 0 unspecified atom stereocenters. The summed E-state index contributed by atoms with van der Waals surface area (Å²) in [6.45, 7) is 10.5. The molecule has 1 fully saturated rings. The third kappa shape index (κ3) is 4.98. The zero-order chi connectivity index (χ0) is 21.5. The molecular formula is C25H30N4O. The molecular weight excluding hydrogens is 372 g/mol. The van der Waals surface area contributed by atoms with Gasteiger partial charge in [-0.3, -0.25) is 10.4 Å². The van der Waals surface area contributed by atoms with Crippen LogP contribution in [0.1, 0.15) is 29.5 Å². The summed E-state index contributed by atoms with van der Waals surface area (Å²) >= 11 is 0. The molecule has 5 heteroatoms. The van der Waals surface area contributed by atoms with Crippen LogP contribution in [0.15, 0.2) is 78.5 Å². The zero-order valence-electron chi connectivity index (χ0n) is 17.6. The molecule has 5 nitrogen and oxygen atoms in total. The first kappa shape index (κ1) is 21.4. The van der Waals surface area contributed by atoms with Crippen molar-refractivity contribution >= 4 is 11.5 Å². The van der Waals surface area contributed by atoms with Gasteiger partial charge in [-0.15, -0.1) is 0 Å². The van der Waals surface area contributed by atoms with E-state index in [2.05, 4.69) is 23.1 Å². The van der Waals surface area contributed by atoms with Gasteiger partial charge in [0.05, 0.1) is 24.9 Å². The van der Waals surface area contributed by atoms with Gasteiger partial charge in [0.2, 0.25) is 0 Å². The maximum atomic E-state index is 8.66. The number of nitrogens with two attached hydrogens (primary N) is 1. The van der Waals surface area contributed by atoms with Crippen molar-refractivity contribution in [1.29, 1.82) is 5.41 Å². The van der Waals surface area contributed by atoms with Gasteiger partial charge >= 0.3 is 0 Å². The molecule has 0 aromatic heterocycles. The van der Waals surface area contributed by atoms with Crippen LogP contribution < -0.4 is 10.5 Å². The highest BCUT2D eigenvalue weighted by Gasteiger charge is 2.22. The molecule has 1 aliphatic heterocycles. The maximum Gasteiger partial charge on any atom is 0.129 e. The lowest BCUT2D eigenvalue weighted by Crippen LogP contribution is -2.31. The van der Waals surface area contributed by atoms with Crippen LogP contribution >= 0.6 is 0 Å². The molecule has 30 heavy (non-hydrogen) atoms. The second kappa shape index (κ2) is 9.92. The van der Waals surface area contributed by atoms with Crippen molar-refractivity contribution in [2.45, 2.75) is 19.4 Å². The molecule has 1 aliphatic rings. The van der Waals surface area contributed by atoms with Crippen LogP contribution in [0.2, 0.25) is 0 Å². The Bertz CT molecular complexity index is 955. The molecule has 0 saturated carbocycles. The summed E-state index contributed by atoms with van der Waals surface area (Å²) in [5.74, 6) is 1.48. The highest BCUT2D eigenvalue weighted by molar-refractivity contribution is 6.10. The Balaban J connectivity index is 1.69. The molecule has 2 aromatic carbocycles. The Morgan fingerprint density at radius 2 is 1.97 bits per heavy atom. The van der Waals surface area contributed by atoms with E-state index in [0.717, 1.165) is 48.2 Å². The van der Waals surface area contributed by atoms with Gasteiger partial charge in [-0.2, -0.15) is 0 Å². The SMILES string of the molecule is C=CN1CCC(C(=C)C(=N)c2cccc(CN=C(N)c3ccccc3OC)c2)CC1. The van der Waals surface area contributed by atoms with Gasteiger partial charge in [-0.05, 0) is 59.9 Å². The van der Waals surface area contributed by atoms with Crippen LogP contribution in [0.5, 0.6) is 5.75 Å². The van der Waals surface area contributed by atoms with Gasteiger partial charge in [0.15, 0.2) is 0 Å². The van der Waals surface area contributed by atoms with Crippen molar-refractivity contribution in [3.8, 4) is 5.75 Å². The molecule has 0 atom stereocenters. The number of likely N-dealkylation sites (tertiary alicyclic amines) is 1. The average molecular weight is 403 g/mol. The maximum absolute atomic E-state index is 8.66. The molecule has 2 aromatic rings. The Hall–Kier alpha value is -3.34. The molecule has 0 spiro atoms. The fraction of sp³-hybridized carbons (Fsp3) is 0.280. The molecule has 0 radical (unpaired) electrons. The molecule has 3 rings (SSSR count). The fourth-order valence-corrected chi connectivity index (χ4v) is 3.76. The number of hydrogen-bond acceptors (Lipinski definition) is 4. The van der Waals surface area contributed by atoms with Crippen LogP contribution in [-0.2, 0) is 6.54 Å². The van der Waals surface area contributed by atoms with Crippen LogP contribution in [-0.4, -0.2) is 36.6 Å². The van der Waals surface area contributed by atoms with Crippen molar-refractivity contribution in [2.75, 3.05) is 20.2 Å². The van der Waals surface area contributed by atoms with E-state index in [1.807, 2.05) is 54.7 Å². The van der Waals surface area contributed by atoms with Crippen LogP contribution in [0, 0.1) is 11.3 Å². The number of amidine groups is 1. The third-order valence-electron chi connectivity index (χ3n) is 5.63. The van der Waals surface area contributed by atoms with E-state index in [-0.39, 0.29) is 0 Å². The van der Waals surface area contributed by atoms with E-state index in [1.165, 1.54) is 0 Å². The first-order chi connectivity index (χ1) is 14.5. The van der Waals surface area contributed by atoms with Crippen molar-refractivity contribution in [3.05, 3.63) is 90.2 Å². The average Bonchev–Trinajstić information content (AvgIpc) is 2.81. The number of piperidine rings is 1. The van der Waals surface area contributed by atoms with Gasteiger partial charge < -0.3 is 15.4 Å². The molecule has 156 valence electrons. The number of allylic oxidation sites excluding steroid dienone is 1. The predicted molar refractivity (Wildman–Crippen MR) is 124 cm³/mol. The summed E-state index contributed by atoms with van der Waals surface area (Å²) in [7, 11) is 1.62. The summed E-state index contributed by atoms with van der Waals surface area (Å²) in [5.41, 5.74) is 10.3. The summed E-state index contributed by atoms with van der Waals surface area (Å²) in [6.07, 6.45) is 3.91. The zero-order valence-corrected chi connectivity index (χ0v) is 17.6. The number of methoxy groups -OCH3 is 1. The van der Waals surface area contributed by atoms with Gasteiger partial charge in [0.1, 0.15) is 11.6 Å². The topological polar surface area (TPSA) is 74.7 Å². The van der Waals surface area contributed by atoms with Crippen LogP contribution in [0.4, 0.5) is 0 Å². The van der Waals surface area contributed by atoms with E-state index in [4.69, 9.17) is 15.9 Å². The molecule has 1 saturated heterocycles. The smallest absolute Gasteiger partial charge is 0.129 e. The highest BCUT2D eigenvalue weighted by Crippen LogP contribution is 2.26. The van der Waals surface area contributed by atoms with Crippen molar-refractivity contribution in [3.63, 3.8) is 0 Å². The van der Waals surface area contributed by atoms with Gasteiger partial charge in [0.25, 0.3) is 0 Å². The minimum atomic E-state index is 0.344. The lowest BCUT2D eigenvalue weighted by Gasteiger charge is -2.32. The van der Waals surface area contributed by atoms with Crippen molar-refractivity contribution in [2.24, 2.45) is 16.6 Å². The number of hydrogen-bond donors (Lipinski definition) is 2. The van der Waals surface area contributed by atoms with E-state index >= 15 is 0 Å². The lowest BCUT2D eigenvalue weighted by atomic mass is 9.85. The second-order valence-electron chi connectivity index (χ2n) is 7.50. The Morgan fingerprint density at radius 1 is 1.23 bits per heavy atom. The number of nitrogens with one attached hydrogen (secondary N) is 1. The highest BCUT2D eigenvalue weighted by atomic mass is 16.5. The minimum absolute atomic E-state index is 0.344. The quantitative estimate of drug-likeness (QED) is 0.508. The molecule has 0 amide bonds. The van der Waals surface area contributed by atoms with Crippen molar-refractivity contribution in [1.82, 2.24) is 4.90 Å². The summed E-state index contributed by atoms with van der Waals surface area (Å²) in [5, 5.41) is 8.66. The van der Waals surface area contributed by atoms with E-state index in [1.54, 1.807) is 7.11 Å². The van der Waals surface area contributed by atoms with Gasteiger partial charge in [-0.1, -0.05) is 43.5 Å². The first-order valence-corrected chi connectivity index (χ1v) is 10.2. The van der Waals surface area contributed by atoms with Gasteiger partial charge in [-0.25, -0.2) is 0 Å². The largest absolute Gasteiger partial charge is 0.496 e. The van der Waals surface area contributed by atoms with Crippen LogP contribution in [0.3, 0.4) is 0 Å². The lowest BCUT2D eigenvalue weighted by molar-refractivity contribution is 0.269. The molecule has 0 bridgehead atoms. The third-order valence-corrected chi connectivity index (χ3v) is 5.63. The van der Waals surface area contributed by atoms with E-state index in [9.17, 15) is 0 Å². The summed E-state index contributed by atoms with van der Waals surface area (Å²) in [4.78, 5) is 6.75. The van der Waals surface area contributed by atoms with Gasteiger partial charge in [0, 0.05) is 13.1 Å². The Morgan fingerprint density at radius 3 is 2.67 bits per heavy atom. The number of aliphatic imine (C=N–C) groups is 1. The molecule has 3 N–H and O–H groups in total. The number of benzene rings is 2. The number of ether oxygens (including phenoxy) is 1. The normalized spacial score (nSPS) is 15.0. The van der Waals surface area contributed by atoms with Crippen molar-refractivity contribution < 1.29 is 4.74 Å². The number of nitrogens with zero attached hydrogens (tertiary/aromatic N) is 2. The fourth-order valence-electron chi connectivity index (χ4n) is 3.76. The Labute approximate surface area is 179 Å². The molecule has 1 heterocycles. The van der Waals surface area contributed by atoms with E-state index in [0.29, 0.717) is 29.8 Å². The molecule has 0 aliphatic carbocycles. The second-order valence-corrected chi connectivity index (χ2v) is 7.50. The van der Waals surface area contributed by atoms with Crippen LogP contribution in [0.25, 0.3) is 0 Å². The monoisotopic (exact) mass is 402 g/mol. The minimum Gasteiger partial charge on any atom is -0.496 e. The number of rotatable bonds is 8. The first-order valence-electron chi connectivity index (χ1n) is 10.2. The Kier molecular flexibility index (Phi) is 7.07. The number of para-hydroxylation sites is 1. The van der Waals surface area contributed by atoms with E-state index < -0.39 is 0 Å². The predicted octanol–water partition coefficient (Wildman–Crippen LogP) is 4.38. The summed E-state index contributed by atoms with van der Waals surface area (Å²) in [6, 6.07) is 15.5. The standard InChI is InChI=1S/C25H30N4O/c1-4-29-14-12-20(13-15-29)18(2)24(26)21-9-7-8-19(16-21)17-28-25(27)22-10-5-6-11-23(22)30-3/h4-11,16,20,26H,1-2,12-15,17H2,3H3,(H2,27,28). The summed E-state index contributed by atoms with van der Waals surface area (Å²) < 4.78 is 5.36.